The van der Waals surface area contributed by atoms with Crippen molar-refractivity contribution < 1.29 is 14.3 Å². The van der Waals surface area contributed by atoms with Crippen molar-refractivity contribution in [1.82, 2.24) is 4.98 Å². The molecule has 0 spiro atoms. The summed E-state index contributed by atoms with van der Waals surface area (Å²) in [6.45, 7) is 7.27. The summed E-state index contributed by atoms with van der Waals surface area (Å²) in [5.41, 5.74) is 7.56. The summed E-state index contributed by atoms with van der Waals surface area (Å²) in [4.78, 5) is 17.1. The number of hydrogen-bond acceptors (Lipinski definition) is 6. The van der Waals surface area contributed by atoms with Crippen LogP contribution in [0.3, 0.4) is 0 Å². The van der Waals surface area contributed by atoms with Crippen LogP contribution in [-0.2, 0) is 9.53 Å². The Morgan fingerprint density at radius 1 is 1.23 bits per heavy atom. The van der Waals surface area contributed by atoms with Crippen molar-refractivity contribution in [3.05, 3.63) is 29.1 Å². The fourth-order valence-corrected chi connectivity index (χ4v) is 2.67. The average molecular weight is 320 g/mol. The summed E-state index contributed by atoms with van der Waals surface area (Å²) in [6, 6.07) is 7.42. The Kier molecular flexibility index (Phi) is 5.03. The number of aryl methyl sites for hydroxylation is 1. The molecule has 6 heteroatoms. The monoisotopic (exact) mass is 320 g/mol. The maximum Gasteiger partial charge on any atom is 0.347 e. The molecule has 2 N–H and O–H groups in total. The number of ether oxygens (including phenoxy) is 2. The predicted molar refractivity (Wildman–Crippen MR) is 88.0 cm³/mol. The summed E-state index contributed by atoms with van der Waals surface area (Å²) in [5.74, 6) is 0.236. The molecule has 1 atom stereocenters. The molecule has 2 aromatic rings. The number of benzene rings is 1. The number of carbonyl (C=O) groups excluding carboxylic acids is 1. The Balaban J connectivity index is 2.06. The topological polar surface area (TPSA) is 74.4 Å². The van der Waals surface area contributed by atoms with Gasteiger partial charge in [0.1, 0.15) is 5.75 Å². The standard InChI is InChI=1S/C16H20N2O3S/c1-9(2)20-15(19)10(3)21-13-7-5-12(6-8-13)14-11(4)22-16(17)18-14/h5-10H,1-4H3,(H2,17,18). The number of carbonyl (C=O) groups is 1. The lowest BCUT2D eigenvalue weighted by Gasteiger charge is -2.15. The van der Waals surface area contributed by atoms with Crippen LogP contribution in [-0.4, -0.2) is 23.2 Å². The molecule has 0 aliphatic carbocycles. The van der Waals surface area contributed by atoms with E-state index >= 15 is 0 Å². The molecule has 1 unspecified atom stereocenters. The number of nitrogens with two attached hydrogens (primary N) is 1. The van der Waals surface area contributed by atoms with Gasteiger partial charge in [0.2, 0.25) is 0 Å². The third kappa shape index (κ3) is 3.98. The molecule has 0 saturated carbocycles. The van der Waals surface area contributed by atoms with Gasteiger partial charge in [0.25, 0.3) is 0 Å². The van der Waals surface area contributed by atoms with Gasteiger partial charge in [0.15, 0.2) is 11.2 Å². The van der Waals surface area contributed by atoms with Crippen molar-refractivity contribution in [2.75, 3.05) is 5.73 Å². The van der Waals surface area contributed by atoms with Crippen molar-refractivity contribution in [1.29, 1.82) is 0 Å². The maximum absolute atomic E-state index is 11.7. The zero-order valence-corrected chi connectivity index (χ0v) is 13.9. The molecule has 5 nitrogen and oxygen atoms in total. The summed E-state index contributed by atoms with van der Waals surface area (Å²) in [7, 11) is 0. The van der Waals surface area contributed by atoms with Gasteiger partial charge >= 0.3 is 5.97 Å². The average Bonchev–Trinajstić information content (AvgIpc) is 2.77. The van der Waals surface area contributed by atoms with Crippen molar-refractivity contribution >= 4 is 22.4 Å². The lowest BCUT2D eigenvalue weighted by molar-refractivity contribution is -0.154. The molecule has 0 amide bonds. The lowest BCUT2D eigenvalue weighted by atomic mass is 10.1. The highest BCUT2D eigenvalue weighted by Gasteiger charge is 2.17. The molecule has 0 fully saturated rings. The Labute approximate surface area is 134 Å². The van der Waals surface area contributed by atoms with Crippen LogP contribution in [0.25, 0.3) is 11.3 Å². The van der Waals surface area contributed by atoms with E-state index in [9.17, 15) is 4.79 Å². The second-order valence-electron chi connectivity index (χ2n) is 5.23. The minimum Gasteiger partial charge on any atom is -0.479 e. The number of thiazole rings is 1. The smallest absolute Gasteiger partial charge is 0.347 e. The first kappa shape index (κ1) is 16.3. The maximum atomic E-state index is 11.7. The van der Waals surface area contributed by atoms with E-state index in [4.69, 9.17) is 15.2 Å². The van der Waals surface area contributed by atoms with E-state index in [1.54, 1.807) is 20.8 Å². The molecule has 0 saturated heterocycles. The SMILES string of the molecule is Cc1sc(N)nc1-c1ccc(OC(C)C(=O)OC(C)C)cc1. The van der Waals surface area contributed by atoms with Crippen LogP contribution >= 0.6 is 11.3 Å². The first-order valence-electron chi connectivity index (χ1n) is 7.07. The molecule has 22 heavy (non-hydrogen) atoms. The summed E-state index contributed by atoms with van der Waals surface area (Å²) >= 11 is 1.46. The normalized spacial score (nSPS) is 12.2. The van der Waals surface area contributed by atoms with Gasteiger partial charge in [-0.2, -0.15) is 0 Å². The van der Waals surface area contributed by atoms with E-state index in [0.717, 1.165) is 16.1 Å². The second-order valence-corrected chi connectivity index (χ2v) is 6.46. The van der Waals surface area contributed by atoms with Crippen LogP contribution in [0.15, 0.2) is 24.3 Å². The molecular formula is C16H20N2O3S. The van der Waals surface area contributed by atoms with Gasteiger partial charge < -0.3 is 15.2 Å². The van der Waals surface area contributed by atoms with E-state index in [1.165, 1.54) is 11.3 Å². The van der Waals surface area contributed by atoms with Crippen LogP contribution in [0.5, 0.6) is 5.75 Å². The summed E-state index contributed by atoms with van der Waals surface area (Å²) in [5, 5.41) is 0.554. The zero-order valence-electron chi connectivity index (χ0n) is 13.1. The number of aromatic nitrogens is 1. The quantitative estimate of drug-likeness (QED) is 0.854. The van der Waals surface area contributed by atoms with Crippen LogP contribution in [0.4, 0.5) is 5.13 Å². The number of nitrogen functional groups attached to an aromatic ring is 1. The molecule has 118 valence electrons. The largest absolute Gasteiger partial charge is 0.479 e. The number of hydrogen-bond donors (Lipinski definition) is 1. The molecule has 2 rings (SSSR count). The summed E-state index contributed by atoms with van der Waals surface area (Å²) in [6.07, 6.45) is -0.802. The highest BCUT2D eigenvalue weighted by molar-refractivity contribution is 7.15. The Bertz CT molecular complexity index is 650. The van der Waals surface area contributed by atoms with Crippen molar-refractivity contribution in [3.8, 4) is 17.0 Å². The van der Waals surface area contributed by atoms with E-state index in [0.29, 0.717) is 10.9 Å². The molecule has 0 aliphatic heterocycles. The lowest BCUT2D eigenvalue weighted by Crippen LogP contribution is -2.28. The minimum atomic E-state index is -0.648. The van der Waals surface area contributed by atoms with E-state index in [2.05, 4.69) is 4.98 Å². The van der Waals surface area contributed by atoms with Gasteiger partial charge in [-0.15, -0.1) is 11.3 Å². The van der Waals surface area contributed by atoms with Gasteiger partial charge in [-0.1, -0.05) is 0 Å². The molecule has 0 radical (unpaired) electrons. The number of anilines is 1. The second kappa shape index (κ2) is 6.79. The van der Waals surface area contributed by atoms with Crippen molar-refractivity contribution in [3.63, 3.8) is 0 Å². The van der Waals surface area contributed by atoms with Crippen molar-refractivity contribution in [2.24, 2.45) is 0 Å². The van der Waals surface area contributed by atoms with Gasteiger partial charge in [-0.05, 0) is 52.0 Å². The van der Waals surface area contributed by atoms with Crippen LogP contribution in [0.2, 0.25) is 0 Å². The third-order valence-corrected chi connectivity index (χ3v) is 3.74. The molecule has 1 aromatic heterocycles. The first-order valence-corrected chi connectivity index (χ1v) is 7.89. The Morgan fingerprint density at radius 2 is 1.86 bits per heavy atom. The van der Waals surface area contributed by atoms with Gasteiger partial charge in [0.05, 0.1) is 11.8 Å². The van der Waals surface area contributed by atoms with Crippen LogP contribution < -0.4 is 10.5 Å². The van der Waals surface area contributed by atoms with Crippen LogP contribution in [0.1, 0.15) is 25.6 Å². The molecular weight excluding hydrogens is 300 g/mol. The fourth-order valence-electron chi connectivity index (χ4n) is 1.96. The molecule has 0 aliphatic rings. The molecule has 1 heterocycles. The Hall–Kier alpha value is -2.08. The Morgan fingerprint density at radius 3 is 2.36 bits per heavy atom. The predicted octanol–water partition coefficient (Wildman–Crippen LogP) is 3.42. The van der Waals surface area contributed by atoms with Gasteiger partial charge in [0, 0.05) is 10.4 Å². The van der Waals surface area contributed by atoms with Crippen LogP contribution in [0, 0.1) is 6.92 Å². The highest BCUT2D eigenvalue weighted by atomic mass is 32.1. The van der Waals surface area contributed by atoms with Crippen molar-refractivity contribution in [2.45, 2.75) is 39.9 Å². The minimum absolute atomic E-state index is 0.154. The van der Waals surface area contributed by atoms with E-state index in [1.807, 2.05) is 31.2 Å². The van der Waals surface area contributed by atoms with Gasteiger partial charge in [-0.25, -0.2) is 9.78 Å². The molecule has 1 aromatic carbocycles. The highest BCUT2D eigenvalue weighted by Crippen LogP contribution is 2.29. The number of esters is 1. The van der Waals surface area contributed by atoms with Gasteiger partial charge in [-0.3, -0.25) is 0 Å². The van der Waals surface area contributed by atoms with E-state index in [-0.39, 0.29) is 12.1 Å². The fraction of sp³-hybridized carbons (Fsp3) is 0.375. The van der Waals surface area contributed by atoms with E-state index < -0.39 is 6.10 Å². The number of rotatable bonds is 5. The first-order chi connectivity index (χ1) is 10.4. The molecule has 0 bridgehead atoms. The summed E-state index contributed by atoms with van der Waals surface area (Å²) < 4.78 is 10.7. The third-order valence-electron chi connectivity index (χ3n) is 2.94. The zero-order chi connectivity index (χ0) is 16.3. The number of nitrogens with zero attached hydrogens (tertiary/aromatic N) is 1.